The minimum Gasteiger partial charge on any atom is -0.339 e. The Bertz CT molecular complexity index is 476. The molecule has 0 radical (unpaired) electrons. The number of fused-ring (bicyclic) bond motifs is 1. The molecule has 1 aromatic rings. The number of rotatable bonds is 4. The molecule has 2 rings (SSSR count). The quantitative estimate of drug-likeness (QED) is 0.678. The van der Waals surface area contributed by atoms with E-state index in [1.54, 1.807) is 24.3 Å². The molecule has 0 unspecified atom stereocenters. The molecule has 0 bridgehead atoms. The van der Waals surface area contributed by atoms with Gasteiger partial charge in [0, 0.05) is 11.5 Å². The highest BCUT2D eigenvalue weighted by Gasteiger charge is 2.40. The summed E-state index contributed by atoms with van der Waals surface area (Å²) in [4.78, 5) is 4.30. The lowest BCUT2D eigenvalue weighted by molar-refractivity contribution is -0.392. The largest absolute Gasteiger partial charge is 0.411 e. The van der Waals surface area contributed by atoms with E-state index in [2.05, 4.69) is 4.89 Å². The van der Waals surface area contributed by atoms with Crippen molar-refractivity contribution in [1.29, 1.82) is 0 Å². The van der Waals surface area contributed by atoms with Crippen LogP contribution in [0.5, 0.6) is 0 Å². The monoisotopic (exact) mass is 306 g/mol. The second-order valence-corrected chi connectivity index (χ2v) is 5.27. The molecule has 0 saturated heterocycles. The molecule has 1 heterocycles. The highest BCUT2D eigenvalue weighted by molar-refractivity contribution is 5.34. The van der Waals surface area contributed by atoms with E-state index in [4.69, 9.17) is 14.7 Å². The highest BCUT2D eigenvalue weighted by atomic mass is 19.4. The molecule has 0 aliphatic carbocycles. The van der Waals surface area contributed by atoms with Crippen molar-refractivity contribution in [2.75, 3.05) is 6.61 Å². The molecule has 21 heavy (non-hydrogen) atoms. The van der Waals surface area contributed by atoms with Gasteiger partial charge in [-0.15, -0.1) is 0 Å². The molecule has 1 aliphatic rings. The van der Waals surface area contributed by atoms with Crippen molar-refractivity contribution in [3.8, 4) is 0 Å². The fourth-order valence-electron chi connectivity index (χ4n) is 2.52. The summed E-state index contributed by atoms with van der Waals surface area (Å²) in [5, 5.41) is 8.98. The van der Waals surface area contributed by atoms with Gasteiger partial charge in [0.15, 0.2) is 6.29 Å². The Labute approximate surface area is 120 Å². The van der Waals surface area contributed by atoms with Gasteiger partial charge in [-0.2, -0.15) is 13.2 Å². The van der Waals surface area contributed by atoms with Crippen LogP contribution >= 0.6 is 0 Å². The summed E-state index contributed by atoms with van der Waals surface area (Å²) in [6.07, 6.45) is -6.75. The molecule has 0 spiro atoms. The smallest absolute Gasteiger partial charge is 0.339 e. The molecule has 1 aromatic carbocycles. The van der Waals surface area contributed by atoms with Crippen molar-refractivity contribution in [3.05, 3.63) is 35.4 Å². The van der Waals surface area contributed by atoms with E-state index in [1.807, 2.05) is 13.8 Å². The zero-order valence-electron chi connectivity index (χ0n) is 11.6. The molecule has 0 saturated carbocycles. The van der Waals surface area contributed by atoms with Crippen molar-refractivity contribution in [2.45, 2.75) is 38.5 Å². The summed E-state index contributed by atoms with van der Waals surface area (Å²) >= 11 is 0. The summed E-state index contributed by atoms with van der Waals surface area (Å²) in [5.41, 5.74) is 1.28. The van der Waals surface area contributed by atoms with E-state index in [1.165, 1.54) is 0 Å². The van der Waals surface area contributed by atoms with Gasteiger partial charge in [0.05, 0.1) is 0 Å². The van der Waals surface area contributed by atoms with Crippen LogP contribution in [0.2, 0.25) is 0 Å². The third-order valence-corrected chi connectivity index (χ3v) is 3.38. The first-order chi connectivity index (χ1) is 9.83. The van der Waals surface area contributed by atoms with Gasteiger partial charge in [0.2, 0.25) is 6.29 Å². The number of alkyl halides is 3. The van der Waals surface area contributed by atoms with Crippen molar-refractivity contribution in [3.63, 3.8) is 0 Å². The topological polar surface area (TPSA) is 47.9 Å². The van der Waals surface area contributed by atoms with E-state index >= 15 is 0 Å². The van der Waals surface area contributed by atoms with Gasteiger partial charge in [-0.25, -0.2) is 10.1 Å². The Morgan fingerprint density at radius 2 is 1.86 bits per heavy atom. The Morgan fingerprint density at radius 3 is 2.38 bits per heavy atom. The van der Waals surface area contributed by atoms with Gasteiger partial charge >= 0.3 is 6.18 Å². The summed E-state index contributed by atoms with van der Waals surface area (Å²) in [5.74, 6) is -0.233. The van der Waals surface area contributed by atoms with Gasteiger partial charge in [-0.1, -0.05) is 38.1 Å². The lowest BCUT2D eigenvalue weighted by Crippen LogP contribution is -2.37. The Hall–Kier alpha value is -1.15. The Morgan fingerprint density at radius 1 is 1.24 bits per heavy atom. The third kappa shape index (κ3) is 3.74. The molecule has 118 valence electrons. The van der Waals surface area contributed by atoms with Crippen LogP contribution in [0.4, 0.5) is 13.2 Å². The van der Waals surface area contributed by atoms with E-state index in [0.717, 1.165) is 5.56 Å². The Kier molecular flexibility index (Phi) is 4.88. The first kappa shape index (κ1) is 16.2. The minimum atomic E-state index is -4.46. The normalized spacial score (nSPS) is 26.0. The molecule has 7 heteroatoms. The van der Waals surface area contributed by atoms with Crippen LogP contribution in [-0.4, -0.2) is 24.3 Å². The van der Waals surface area contributed by atoms with Crippen LogP contribution in [0, 0.1) is 5.92 Å². The fourth-order valence-corrected chi connectivity index (χ4v) is 2.52. The van der Waals surface area contributed by atoms with Crippen LogP contribution in [0.3, 0.4) is 0 Å². The molecule has 1 aliphatic heterocycles. The minimum absolute atomic E-state index is 0.0619. The van der Waals surface area contributed by atoms with Gasteiger partial charge in [0.1, 0.15) is 6.61 Å². The molecule has 0 amide bonds. The maximum absolute atomic E-state index is 12.3. The SMILES string of the molecule is CC(C)[C@@H]1c2ccccc2[C@@H](OCC(F)(F)F)O[C@H]1OO. The first-order valence-electron chi connectivity index (χ1n) is 6.56. The standard InChI is InChI=1S/C14H17F3O4/c1-8(2)11-9-5-3-4-6-10(9)12(20-13(11)21-18)19-7-14(15,16)17/h3-6,8,11-13,18H,7H2,1-2H3/t11-,12+,13+/m1/s1. The van der Waals surface area contributed by atoms with Crippen molar-refractivity contribution >= 4 is 0 Å². The van der Waals surface area contributed by atoms with Gasteiger partial charge in [-0.3, -0.25) is 0 Å². The van der Waals surface area contributed by atoms with E-state index in [9.17, 15) is 13.2 Å². The van der Waals surface area contributed by atoms with Crippen LogP contribution in [0.1, 0.15) is 37.2 Å². The van der Waals surface area contributed by atoms with E-state index in [-0.39, 0.29) is 11.8 Å². The second kappa shape index (κ2) is 6.31. The van der Waals surface area contributed by atoms with Crippen molar-refractivity contribution in [1.82, 2.24) is 0 Å². The predicted octanol–water partition coefficient (Wildman–Crippen LogP) is 3.85. The number of benzene rings is 1. The zero-order valence-corrected chi connectivity index (χ0v) is 11.6. The lowest BCUT2D eigenvalue weighted by atomic mass is 9.83. The molecule has 4 nitrogen and oxygen atoms in total. The summed E-state index contributed by atoms with van der Waals surface area (Å²) < 4.78 is 47.1. The molecule has 0 aromatic heterocycles. The molecule has 3 atom stereocenters. The molecular formula is C14H17F3O4. The zero-order chi connectivity index (χ0) is 15.6. The molecule has 0 fully saturated rings. The van der Waals surface area contributed by atoms with Crippen LogP contribution in [-0.2, 0) is 14.4 Å². The fraction of sp³-hybridized carbons (Fsp3) is 0.571. The van der Waals surface area contributed by atoms with Crippen LogP contribution < -0.4 is 0 Å². The maximum atomic E-state index is 12.3. The number of ether oxygens (including phenoxy) is 2. The summed E-state index contributed by atoms with van der Waals surface area (Å²) in [7, 11) is 0. The molecular weight excluding hydrogens is 289 g/mol. The number of hydrogen-bond donors (Lipinski definition) is 1. The maximum Gasteiger partial charge on any atom is 0.411 e. The number of hydrogen-bond acceptors (Lipinski definition) is 4. The third-order valence-electron chi connectivity index (χ3n) is 3.38. The van der Waals surface area contributed by atoms with Gasteiger partial charge in [0.25, 0.3) is 0 Å². The average Bonchev–Trinajstić information content (AvgIpc) is 2.42. The van der Waals surface area contributed by atoms with Crippen molar-refractivity contribution in [2.24, 2.45) is 5.92 Å². The number of halogens is 3. The predicted molar refractivity (Wildman–Crippen MR) is 67.4 cm³/mol. The second-order valence-electron chi connectivity index (χ2n) is 5.27. The lowest BCUT2D eigenvalue weighted by Gasteiger charge is -2.38. The van der Waals surface area contributed by atoms with E-state index < -0.39 is 25.4 Å². The molecule has 1 N–H and O–H groups in total. The highest BCUT2D eigenvalue weighted by Crippen LogP contribution is 2.42. The van der Waals surface area contributed by atoms with E-state index in [0.29, 0.717) is 5.56 Å². The summed E-state index contributed by atoms with van der Waals surface area (Å²) in [6, 6.07) is 6.90. The van der Waals surface area contributed by atoms with Crippen LogP contribution in [0.15, 0.2) is 24.3 Å². The van der Waals surface area contributed by atoms with Crippen LogP contribution in [0.25, 0.3) is 0 Å². The van der Waals surface area contributed by atoms with Gasteiger partial charge in [-0.05, 0) is 11.5 Å². The van der Waals surface area contributed by atoms with Crippen molar-refractivity contribution < 1.29 is 32.8 Å². The Balaban J connectivity index is 2.30. The van der Waals surface area contributed by atoms with Gasteiger partial charge < -0.3 is 9.47 Å². The summed E-state index contributed by atoms with van der Waals surface area (Å²) in [6.45, 7) is 2.39. The first-order valence-corrected chi connectivity index (χ1v) is 6.56. The average molecular weight is 306 g/mol.